The fourth-order valence-corrected chi connectivity index (χ4v) is 2.19. The van der Waals surface area contributed by atoms with Gasteiger partial charge in [0.05, 0.1) is 6.10 Å². The van der Waals surface area contributed by atoms with Crippen molar-refractivity contribution in [3.8, 4) is 0 Å². The Morgan fingerprint density at radius 3 is 2.52 bits per heavy atom. The summed E-state index contributed by atoms with van der Waals surface area (Å²) in [5.74, 6) is -0.884. The number of aliphatic hydroxyl groups excluding tert-OH is 1. The smallest absolute Gasteiger partial charge is 0.127 e. The van der Waals surface area contributed by atoms with Crippen molar-refractivity contribution in [2.45, 2.75) is 32.0 Å². The van der Waals surface area contributed by atoms with E-state index in [4.69, 9.17) is 0 Å². The van der Waals surface area contributed by atoms with Crippen LogP contribution in [0.2, 0.25) is 0 Å². The summed E-state index contributed by atoms with van der Waals surface area (Å²) in [6.07, 6.45) is -0.0768. The van der Waals surface area contributed by atoms with E-state index in [2.05, 4.69) is 5.32 Å². The van der Waals surface area contributed by atoms with E-state index < -0.39 is 17.7 Å². The van der Waals surface area contributed by atoms with Gasteiger partial charge in [-0.15, -0.1) is 0 Å². The standard InChI is InChI=1S/C17H19F2NO/c1-12(9-17(21)13-5-3-2-4-6-13)20-11-14-10-15(18)7-8-16(14)19/h2-8,10,12,17,20-21H,9,11H2,1H3. The number of aliphatic hydroxyl groups is 1. The topological polar surface area (TPSA) is 32.3 Å². The van der Waals surface area contributed by atoms with Crippen molar-refractivity contribution in [3.63, 3.8) is 0 Å². The Kier molecular flexibility index (Phi) is 5.42. The highest BCUT2D eigenvalue weighted by atomic mass is 19.1. The molecule has 0 heterocycles. The van der Waals surface area contributed by atoms with Crippen LogP contribution in [0.5, 0.6) is 0 Å². The van der Waals surface area contributed by atoms with Gasteiger partial charge in [-0.3, -0.25) is 0 Å². The molecule has 0 radical (unpaired) electrons. The van der Waals surface area contributed by atoms with Crippen LogP contribution in [0.1, 0.15) is 30.6 Å². The lowest BCUT2D eigenvalue weighted by molar-refractivity contribution is 0.154. The van der Waals surface area contributed by atoms with Gasteiger partial charge < -0.3 is 10.4 Å². The van der Waals surface area contributed by atoms with E-state index in [-0.39, 0.29) is 18.2 Å². The van der Waals surface area contributed by atoms with Crippen molar-refractivity contribution in [1.29, 1.82) is 0 Å². The van der Waals surface area contributed by atoms with Crippen LogP contribution in [-0.2, 0) is 6.54 Å². The Morgan fingerprint density at radius 2 is 1.81 bits per heavy atom. The summed E-state index contributed by atoms with van der Waals surface area (Å²) >= 11 is 0. The van der Waals surface area contributed by atoms with Crippen LogP contribution in [0.25, 0.3) is 0 Å². The Morgan fingerprint density at radius 1 is 1.10 bits per heavy atom. The maximum absolute atomic E-state index is 13.5. The first-order chi connectivity index (χ1) is 10.1. The SMILES string of the molecule is CC(CC(O)c1ccccc1)NCc1cc(F)ccc1F. The largest absolute Gasteiger partial charge is 0.388 e. The van der Waals surface area contributed by atoms with Crippen LogP contribution >= 0.6 is 0 Å². The van der Waals surface area contributed by atoms with Crippen molar-refractivity contribution < 1.29 is 13.9 Å². The molecule has 0 saturated heterocycles. The van der Waals surface area contributed by atoms with Gasteiger partial charge in [0.25, 0.3) is 0 Å². The molecule has 2 aromatic rings. The van der Waals surface area contributed by atoms with E-state index in [1.54, 1.807) is 0 Å². The first-order valence-electron chi connectivity index (χ1n) is 6.96. The third-order valence-electron chi connectivity index (χ3n) is 3.41. The van der Waals surface area contributed by atoms with Gasteiger partial charge >= 0.3 is 0 Å². The highest BCUT2D eigenvalue weighted by Gasteiger charge is 2.12. The Hall–Kier alpha value is -1.78. The molecule has 2 rings (SSSR count). The van der Waals surface area contributed by atoms with Gasteiger partial charge in [0, 0.05) is 18.2 Å². The zero-order valence-corrected chi connectivity index (χ0v) is 11.9. The molecule has 2 unspecified atom stereocenters. The second kappa shape index (κ2) is 7.29. The van der Waals surface area contributed by atoms with Crippen LogP contribution in [0.15, 0.2) is 48.5 Å². The first-order valence-corrected chi connectivity index (χ1v) is 6.96. The van der Waals surface area contributed by atoms with Gasteiger partial charge in [0.2, 0.25) is 0 Å². The first kappa shape index (κ1) is 15.6. The molecule has 2 atom stereocenters. The van der Waals surface area contributed by atoms with Gasteiger partial charge in [-0.05, 0) is 37.1 Å². The molecule has 112 valence electrons. The normalized spacial score (nSPS) is 13.9. The summed E-state index contributed by atoms with van der Waals surface area (Å²) in [4.78, 5) is 0. The van der Waals surface area contributed by atoms with Gasteiger partial charge in [0.1, 0.15) is 11.6 Å². The Balaban J connectivity index is 1.87. The lowest BCUT2D eigenvalue weighted by atomic mass is 10.0. The Labute approximate surface area is 123 Å². The number of nitrogens with one attached hydrogen (secondary N) is 1. The maximum atomic E-state index is 13.5. The van der Waals surface area contributed by atoms with Crippen molar-refractivity contribution in [1.82, 2.24) is 5.32 Å². The van der Waals surface area contributed by atoms with Crippen LogP contribution in [0.3, 0.4) is 0 Å². The molecule has 0 aliphatic rings. The van der Waals surface area contributed by atoms with Gasteiger partial charge in [-0.2, -0.15) is 0 Å². The highest BCUT2D eigenvalue weighted by Crippen LogP contribution is 2.18. The van der Waals surface area contributed by atoms with Crippen molar-refractivity contribution in [2.75, 3.05) is 0 Å². The number of benzene rings is 2. The Bertz CT molecular complexity index is 574. The van der Waals surface area contributed by atoms with Crippen LogP contribution in [0.4, 0.5) is 8.78 Å². The van der Waals surface area contributed by atoms with Gasteiger partial charge in [-0.25, -0.2) is 8.78 Å². The predicted molar refractivity (Wildman–Crippen MR) is 78.7 cm³/mol. The maximum Gasteiger partial charge on any atom is 0.127 e. The van der Waals surface area contributed by atoms with Crippen molar-refractivity contribution >= 4 is 0 Å². The van der Waals surface area contributed by atoms with E-state index in [1.807, 2.05) is 37.3 Å². The van der Waals surface area contributed by atoms with Crippen LogP contribution in [-0.4, -0.2) is 11.1 Å². The molecule has 0 saturated carbocycles. The summed E-state index contributed by atoms with van der Waals surface area (Å²) in [6.45, 7) is 2.13. The molecule has 2 aromatic carbocycles. The average Bonchev–Trinajstić information content (AvgIpc) is 2.49. The summed E-state index contributed by atoms with van der Waals surface area (Å²) in [7, 11) is 0. The van der Waals surface area contributed by atoms with E-state index in [9.17, 15) is 13.9 Å². The molecule has 0 aliphatic carbocycles. The lowest BCUT2D eigenvalue weighted by Gasteiger charge is -2.18. The minimum absolute atomic E-state index is 0.0251. The molecule has 0 amide bonds. The fourth-order valence-electron chi connectivity index (χ4n) is 2.19. The van der Waals surface area contributed by atoms with E-state index in [0.29, 0.717) is 6.42 Å². The molecule has 21 heavy (non-hydrogen) atoms. The predicted octanol–water partition coefficient (Wildman–Crippen LogP) is 3.57. The molecule has 0 aliphatic heterocycles. The summed E-state index contributed by atoms with van der Waals surface area (Å²) in [5, 5.41) is 13.2. The molecular formula is C17H19F2NO. The van der Waals surface area contributed by atoms with Crippen LogP contribution < -0.4 is 5.32 Å². The minimum Gasteiger partial charge on any atom is -0.388 e. The molecule has 0 bridgehead atoms. The zero-order valence-electron chi connectivity index (χ0n) is 11.9. The fraction of sp³-hybridized carbons (Fsp3) is 0.294. The van der Waals surface area contributed by atoms with E-state index >= 15 is 0 Å². The molecule has 2 N–H and O–H groups in total. The van der Waals surface area contributed by atoms with Crippen LogP contribution in [0, 0.1) is 11.6 Å². The average molecular weight is 291 g/mol. The van der Waals surface area contributed by atoms with E-state index in [0.717, 1.165) is 17.7 Å². The number of halogens is 2. The third-order valence-corrected chi connectivity index (χ3v) is 3.41. The lowest BCUT2D eigenvalue weighted by Crippen LogP contribution is -2.27. The number of hydrogen-bond donors (Lipinski definition) is 2. The van der Waals surface area contributed by atoms with Crippen molar-refractivity contribution in [2.24, 2.45) is 0 Å². The number of rotatable bonds is 6. The molecule has 4 heteroatoms. The highest BCUT2D eigenvalue weighted by molar-refractivity contribution is 5.19. The van der Waals surface area contributed by atoms with E-state index in [1.165, 1.54) is 6.07 Å². The minimum atomic E-state index is -0.578. The summed E-state index contributed by atoms with van der Waals surface area (Å²) in [6, 6.07) is 12.7. The number of hydrogen-bond acceptors (Lipinski definition) is 2. The zero-order chi connectivity index (χ0) is 15.2. The molecular weight excluding hydrogens is 272 g/mol. The van der Waals surface area contributed by atoms with Gasteiger partial charge in [0.15, 0.2) is 0 Å². The third kappa shape index (κ3) is 4.62. The molecule has 2 nitrogen and oxygen atoms in total. The van der Waals surface area contributed by atoms with Crippen molar-refractivity contribution in [3.05, 3.63) is 71.3 Å². The summed E-state index contributed by atoms with van der Waals surface area (Å²) < 4.78 is 26.6. The molecule has 0 spiro atoms. The summed E-state index contributed by atoms with van der Waals surface area (Å²) in [5.41, 5.74) is 1.14. The monoisotopic (exact) mass is 291 g/mol. The molecule has 0 aromatic heterocycles. The molecule has 0 fully saturated rings. The second-order valence-electron chi connectivity index (χ2n) is 5.18. The van der Waals surface area contributed by atoms with Gasteiger partial charge in [-0.1, -0.05) is 30.3 Å². The quantitative estimate of drug-likeness (QED) is 0.853. The second-order valence-corrected chi connectivity index (χ2v) is 5.18.